The lowest BCUT2D eigenvalue weighted by Gasteiger charge is -2.16. The summed E-state index contributed by atoms with van der Waals surface area (Å²) >= 11 is 1.49. The molecule has 0 saturated heterocycles. The lowest BCUT2D eigenvalue weighted by atomic mass is 10.4. The van der Waals surface area contributed by atoms with Gasteiger partial charge in [0.1, 0.15) is 0 Å². The van der Waals surface area contributed by atoms with Crippen molar-refractivity contribution in [2.75, 3.05) is 13.2 Å². The summed E-state index contributed by atoms with van der Waals surface area (Å²) in [4.78, 5) is 12.0. The molecule has 1 aromatic carbocycles. The Labute approximate surface area is 100 Å². The smallest absolute Gasteiger partial charge is 0.303 e. The van der Waals surface area contributed by atoms with E-state index >= 15 is 0 Å². The Kier molecular flexibility index (Phi) is 5.96. The topological polar surface area (TPSA) is 35.5 Å². The van der Waals surface area contributed by atoms with E-state index in [2.05, 4.69) is 0 Å². The van der Waals surface area contributed by atoms with Gasteiger partial charge in [0, 0.05) is 18.4 Å². The van der Waals surface area contributed by atoms with Crippen molar-refractivity contribution in [2.24, 2.45) is 0 Å². The summed E-state index contributed by atoms with van der Waals surface area (Å²) < 4.78 is 10.4. The number of carbonyl (C=O) groups is 1. The minimum absolute atomic E-state index is 0.278. The van der Waals surface area contributed by atoms with Crippen LogP contribution >= 0.6 is 11.8 Å². The van der Waals surface area contributed by atoms with E-state index in [1.54, 1.807) is 0 Å². The van der Waals surface area contributed by atoms with Crippen molar-refractivity contribution in [1.29, 1.82) is 0 Å². The summed E-state index contributed by atoms with van der Waals surface area (Å²) in [5.74, 6) is -0.284. The van der Waals surface area contributed by atoms with Crippen LogP contribution in [0.15, 0.2) is 35.2 Å². The van der Waals surface area contributed by atoms with Gasteiger partial charge in [-0.15, -0.1) is 0 Å². The molecule has 0 amide bonds. The third-order valence-corrected chi connectivity index (χ3v) is 2.81. The summed E-state index contributed by atoms with van der Waals surface area (Å²) in [6.07, 6.45) is 0. The van der Waals surface area contributed by atoms with Crippen molar-refractivity contribution in [2.45, 2.75) is 24.2 Å². The van der Waals surface area contributed by atoms with Crippen LogP contribution in [-0.4, -0.2) is 24.6 Å². The average Bonchev–Trinajstić information content (AvgIpc) is 2.26. The second-order valence-electron chi connectivity index (χ2n) is 3.13. The number of esters is 1. The van der Waals surface area contributed by atoms with Crippen LogP contribution in [0.4, 0.5) is 0 Å². The fourth-order valence-corrected chi connectivity index (χ4v) is 2.11. The van der Waals surface area contributed by atoms with Crippen LogP contribution in [0.25, 0.3) is 0 Å². The highest BCUT2D eigenvalue weighted by Gasteiger charge is 2.13. The molecule has 4 heteroatoms. The highest BCUT2D eigenvalue weighted by molar-refractivity contribution is 7.99. The van der Waals surface area contributed by atoms with E-state index in [0.717, 1.165) is 4.90 Å². The van der Waals surface area contributed by atoms with Crippen molar-refractivity contribution in [3.63, 3.8) is 0 Å². The summed E-state index contributed by atoms with van der Waals surface area (Å²) in [5.41, 5.74) is -0.278. The number of ether oxygens (including phenoxy) is 2. The zero-order valence-electron chi connectivity index (χ0n) is 9.51. The Morgan fingerprint density at radius 1 is 1.38 bits per heavy atom. The molecule has 0 heterocycles. The van der Waals surface area contributed by atoms with Crippen LogP contribution in [0.5, 0.6) is 0 Å². The van der Waals surface area contributed by atoms with Crippen LogP contribution in [0.3, 0.4) is 0 Å². The number of thioether (sulfide) groups is 1. The SMILES string of the molecule is CCOCC(OC(C)=O)Sc1ccccc1. The van der Waals surface area contributed by atoms with E-state index < -0.39 is 0 Å². The highest BCUT2D eigenvalue weighted by Crippen LogP contribution is 2.24. The van der Waals surface area contributed by atoms with Crippen LogP contribution < -0.4 is 0 Å². The lowest BCUT2D eigenvalue weighted by Crippen LogP contribution is -2.18. The molecule has 3 nitrogen and oxygen atoms in total. The quantitative estimate of drug-likeness (QED) is 0.435. The monoisotopic (exact) mass is 240 g/mol. The van der Waals surface area contributed by atoms with Gasteiger partial charge in [0.05, 0.1) is 6.61 Å². The Bertz CT molecular complexity index is 313. The molecule has 0 aromatic heterocycles. The largest absolute Gasteiger partial charge is 0.449 e. The number of hydrogen-bond acceptors (Lipinski definition) is 4. The summed E-state index contributed by atoms with van der Waals surface area (Å²) in [7, 11) is 0. The molecule has 1 atom stereocenters. The van der Waals surface area contributed by atoms with Crippen molar-refractivity contribution in [3.8, 4) is 0 Å². The van der Waals surface area contributed by atoms with Crippen LogP contribution in [0.2, 0.25) is 0 Å². The number of benzene rings is 1. The molecule has 1 rings (SSSR count). The fraction of sp³-hybridized carbons (Fsp3) is 0.417. The third kappa shape index (κ3) is 5.19. The third-order valence-electron chi connectivity index (χ3n) is 1.77. The number of carbonyl (C=O) groups excluding carboxylic acids is 1. The van der Waals surface area contributed by atoms with Crippen molar-refractivity contribution in [3.05, 3.63) is 30.3 Å². The second kappa shape index (κ2) is 7.30. The van der Waals surface area contributed by atoms with Crippen LogP contribution in [-0.2, 0) is 14.3 Å². The van der Waals surface area contributed by atoms with Crippen molar-refractivity contribution >= 4 is 17.7 Å². The number of rotatable bonds is 6. The fourth-order valence-electron chi connectivity index (χ4n) is 1.14. The summed E-state index contributed by atoms with van der Waals surface area (Å²) in [6.45, 7) is 4.35. The standard InChI is InChI=1S/C12H16O3S/c1-3-14-9-12(15-10(2)13)16-11-7-5-4-6-8-11/h4-8,12H,3,9H2,1-2H3. The van der Waals surface area contributed by atoms with Gasteiger partial charge in [0.2, 0.25) is 0 Å². The number of hydrogen-bond donors (Lipinski definition) is 0. The molecule has 0 bridgehead atoms. The molecule has 0 aliphatic rings. The van der Waals surface area contributed by atoms with Crippen LogP contribution in [0, 0.1) is 0 Å². The van der Waals surface area contributed by atoms with E-state index in [-0.39, 0.29) is 11.4 Å². The molecule has 0 aliphatic carbocycles. The van der Waals surface area contributed by atoms with Gasteiger partial charge in [0.15, 0.2) is 5.44 Å². The molecule has 0 radical (unpaired) electrons. The van der Waals surface area contributed by atoms with E-state index in [1.807, 2.05) is 37.3 Å². The Morgan fingerprint density at radius 3 is 2.62 bits per heavy atom. The molecule has 88 valence electrons. The Morgan fingerprint density at radius 2 is 2.06 bits per heavy atom. The summed E-state index contributed by atoms with van der Waals surface area (Å²) in [6, 6.07) is 9.81. The van der Waals surface area contributed by atoms with Crippen molar-refractivity contribution in [1.82, 2.24) is 0 Å². The minimum Gasteiger partial charge on any atom is -0.449 e. The molecule has 16 heavy (non-hydrogen) atoms. The lowest BCUT2D eigenvalue weighted by molar-refractivity contribution is -0.144. The molecule has 1 aromatic rings. The maximum atomic E-state index is 10.9. The van der Waals surface area contributed by atoms with Gasteiger partial charge in [-0.2, -0.15) is 0 Å². The highest BCUT2D eigenvalue weighted by atomic mass is 32.2. The molecule has 0 N–H and O–H groups in total. The molecule has 0 spiro atoms. The zero-order valence-corrected chi connectivity index (χ0v) is 10.3. The van der Waals surface area contributed by atoms with E-state index in [9.17, 15) is 4.79 Å². The van der Waals surface area contributed by atoms with Gasteiger partial charge < -0.3 is 9.47 Å². The Balaban J connectivity index is 2.52. The van der Waals surface area contributed by atoms with Gasteiger partial charge in [0.25, 0.3) is 0 Å². The van der Waals surface area contributed by atoms with Gasteiger partial charge in [-0.05, 0) is 19.1 Å². The first kappa shape index (κ1) is 13.1. The van der Waals surface area contributed by atoms with Gasteiger partial charge in [-0.3, -0.25) is 4.79 Å². The molecule has 0 saturated carbocycles. The van der Waals surface area contributed by atoms with E-state index in [1.165, 1.54) is 18.7 Å². The van der Waals surface area contributed by atoms with E-state index in [4.69, 9.17) is 9.47 Å². The van der Waals surface area contributed by atoms with Gasteiger partial charge in [-0.25, -0.2) is 0 Å². The maximum Gasteiger partial charge on any atom is 0.303 e. The summed E-state index contributed by atoms with van der Waals surface area (Å²) in [5, 5.41) is 0. The first-order valence-corrected chi connectivity index (χ1v) is 6.07. The van der Waals surface area contributed by atoms with Crippen LogP contribution in [0.1, 0.15) is 13.8 Å². The second-order valence-corrected chi connectivity index (χ2v) is 4.36. The maximum absolute atomic E-state index is 10.9. The first-order chi connectivity index (χ1) is 7.72. The minimum atomic E-state index is -0.284. The van der Waals surface area contributed by atoms with Crippen molar-refractivity contribution < 1.29 is 14.3 Å². The van der Waals surface area contributed by atoms with E-state index in [0.29, 0.717) is 13.2 Å². The van der Waals surface area contributed by atoms with Gasteiger partial charge in [-0.1, -0.05) is 30.0 Å². The molecule has 1 unspecified atom stereocenters. The predicted molar refractivity (Wildman–Crippen MR) is 64.3 cm³/mol. The zero-order chi connectivity index (χ0) is 11.8. The molecule has 0 aliphatic heterocycles. The molecular formula is C12H16O3S. The van der Waals surface area contributed by atoms with Gasteiger partial charge >= 0.3 is 5.97 Å². The molecule has 0 fully saturated rings. The predicted octanol–water partition coefficient (Wildman–Crippen LogP) is 2.70. The first-order valence-electron chi connectivity index (χ1n) is 5.19. The normalized spacial score (nSPS) is 12.1. The average molecular weight is 240 g/mol. The molecular weight excluding hydrogens is 224 g/mol. The Hall–Kier alpha value is -1.00.